The topological polar surface area (TPSA) is 88.7 Å². The average Bonchev–Trinajstić information content (AvgIpc) is 2.38. The Hall–Kier alpha value is -1.18. The molecule has 1 heterocycles. The largest absolute Gasteiger partial charge is 0.357 e. The van der Waals surface area contributed by atoms with Gasteiger partial charge in [-0.3, -0.25) is 9.59 Å². The first-order chi connectivity index (χ1) is 8.19. The van der Waals surface area contributed by atoms with Gasteiger partial charge < -0.3 is 15.4 Å². The third-order valence-corrected chi connectivity index (χ3v) is 2.49. The number of carbonyl (C=O) groups is 2. The van der Waals surface area contributed by atoms with Gasteiger partial charge in [-0.15, -0.1) is 0 Å². The van der Waals surface area contributed by atoms with Gasteiger partial charge in [0.2, 0.25) is 5.91 Å². The summed E-state index contributed by atoms with van der Waals surface area (Å²) in [5.41, 5.74) is 2.23. The molecule has 0 saturated carbocycles. The summed E-state index contributed by atoms with van der Waals surface area (Å²) in [5, 5.41) is 4.98. The minimum Gasteiger partial charge on any atom is -0.357 e. The zero-order chi connectivity index (χ0) is 12.7. The van der Waals surface area contributed by atoms with Crippen LogP contribution in [0.5, 0.6) is 0 Å². The number of nitrogens with one attached hydrogen (secondary N) is 3. The van der Waals surface area contributed by atoms with Crippen molar-refractivity contribution < 1.29 is 19.2 Å². The molecule has 98 valence electrons. The highest BCUT2D eigenvalue weighted by molar-refractivity contribution is 6.03. The van der Waals surface area contributed by atoms with E-state index in [1.807, 2.05) is 0 Å². The Kier molecular flexibility index (Phi) is 5.88. The van der Waals surface area contributed by atoms with Crippen LogP contribution < -0.4 is 16.1 Å². The van der Waals surface area contributed by atoms with E-state index in [1.54, 1.807) is 0 Å². The van der Waals surface area contributed by atoms with Crippen molar-refractivity contribution in [1.82, 2.24) is 16.1 Å². The number of ether oxygens (including phenoxy) is 1. The maximum absolute atomic E-state index is 11.6. The summed E-state index contributed by atoms with van der Waals surface area (Å²) >= 11 is 0. The van der Waals surface area contributed by atoms with Crippen LogP contribution in [-0.4, -0.2) is 44.8 Å². The third kappa shape index (κ3) is 4.29. The van der Waals surface area contributed by atoms with Gasteiger partial charge in [-0.1, -0.05) is 0 Å². The summed E-state index contributed by atoms with van der Waals surface area (Å²) in [6.45, 7) is 0.630. The zero-order valence-corrected chi connectivity index (χ0v) is 10.1. The van der Waals surface area contributed by atoms with Crippen molar-refractivity contribution in [2.45, 2.75) is 31.6 Å². The number of hydroxylamine groups is 1. The van der Waals surface area contributed by atoms with Gasteiger partial charge >= 0.3 is 0 Å². The fourth-order valence-corrected chi connectivity index (χ4v) is 1.51. The summed E-state index contributed by atoms with van der Waals surface area (Å²) in [6.07, 6.45) is 2.33. The van der Waals surface area contributed by atoms with E-state index in [-0.39, 0.29) is 0 Å². The summed E-state index contributed by atoms with van der Waals surface area (Å²) < 4.78 is 5.27. The van der Waals surface area contributed by atoms with Crippen LogP contribution in [0.25, 0.3) is 0 Å². The van der Waals surface area contributed by atoms with Crippen LogP contribution in [0.3, 0.4) is 0 Å². The first-order valence-corrected chi connectivity index (χ1v) is 5.65. The Morgan fingerprint density at radius 2 is 2.06 bits per heavy atom. The van der Waals surface area contributed by atoms with E-state index in [0.29, 0.717) is 6.61 Å². The maximum atomic E-state index is 11.6. The molecule has 2 amide bonds. The molecule has 7 heteroatoms. The van der Waals surface area contributed by atoms with Gasteiger partial charge in [0.05, 0.1) is 0 Å². The summed E-state index contributed by atoms with van der Waals surface area (Å²) in [6, 6.07) is -0.969. The highest BCUT2D eigenvalue weighted by atomic mass is 16.8. The molecule has 0 spiro atoms. The molecule has 1 rings (SSSR count). The highest BCUT2D eigenvalue weighted by Gasteiger charge is 2.25. The van der Waals surface area contributed by atoms with Crippen LogP contribution in [0.1, 0.15) is 19.3 Å². The lowest BCUT2D eigenvalue weighted by Gasteiger charge is -2.23. The van der Waals surface area contributed by atoms with E-state index in [0.717, 1.165) is 19.3 Å². The van der Waals surface area contributed by atoms with E-state index >= 15 is 0 Å². The van der Waals surface area contributed by atoms with Crippen LogP contribution in [-0.2, 0) is 19.2 Å². The standard InChI is InChI=1S/C10H19N3O4/c1-11-8(9(14)12-2)10(15)13-17-7-5-3-4-6-16-7/h7-8,11H,3-6H2,1-2H3,(H,12,14)(H,13,15)/t7?,8-/m0/s1. The SMILES string of the molecule is CNC(=O)[C@H](NC)C(=O)NOC1CCCCO1. The Bertz CT molecular complexity index is 266. The lowest BCUT2D eigenvalue weighted by atomic mass is 10.2. The van der Waals surface area contributed by atoms with E-state index < -0.39 is 24.1 Å². The molecule has 0 aromatic rings. The van der Waals surface area contributed by atoms with Crippen molar-refractivity contribution in [3.63, 3.8) is 0 Å². The Balaban J connectivity index is 2.33. The van der Waals surface area contributed by atoms with Crippen molar-refractivity contribution in [2.75, 3.05) is 20.7 Å². The lowest BCUT2D eigenvalue weighted by molar-refractivity contribution is -0.201. The Morgan fingerprint density at radius 1 is 1.29 bits per heavy atom. The molecule has 1 fully saturated rings. The van der Waals surface area contributed by atoms with Crippen molar-refractivity contribution >= 4 is 11.8 Å². The molecule has 17 heavy (non-hydrogen) atoms. The van der Waals surface area contributed by atoms with Gasteiger partial charge in [0.25, 0.3) is 5.91 Å². The second-order valence-electron chi connectivity index (χ2n) is 3.72. The number of likely N-dealkylation sites (N-methyl/N-ethyl adjacent to an activating group) is 2. The van der Waals surface area contributed by atoms with Crippen LogP contribution in [0.2, 0.25) is 0 Å². The minimum absolute atomic E-state index is 0.418. The van der Waals surface area contributed by atoms with E-state index in [2.05, 4.69) is 16.1 Å². The van der Waals surface area contributed by atoms with Gasteiger partial charge in [0.15, 0.2) is 12.3 Å². The van der Waals surface area contributed by atoms with Gasteiger partial charge in [-0.25, -0.2) is 10.3 Å². The zero-order valence-electron chi connectivity index (χ0n) is 10.1. The van der Waals surface area contributed by atoms with Crippen LogP contribution in [0, 0.1) is 0 Å². The highest BCUT2D eigenvalue weighted by Crippen LogP contribution is 2.12. The molecule has 0 radical (unpaired) electrons. The monoisotopic (exact) mass is 245 g/mol. The molecule has 1 aliphatic heterocycles. The average molecular weight is 245 g/mol. The second-order valence-corrected chi connectivity index (χ2v) is 3.72. The molecular weight excluding hydrogens is 226 g/mol. The second kappa shape index (κ2) is 7.21. The predicted octanol–water partition coefficient (Wildman–Crippen LogP) is -1.11. The molecule has 1 unspecified atom stereocenters. The van der Waals surface area contributed by atoms with Crippen LogP contribution >= 0.6 is 0 Å². The van der Waals surface area contributed by atoms with Crippen molar-refractivity contribution in [2.24, 2.45) is 0 Å². The lowest BCUT2D eigenvalue weighted by Crippen LogP contribution is -2.52. The van der Waals surface area contributed by atoms with E-state index in [1.165, 1.54) is 14.1 Å². The van der Waals surface area contributed by atoms with Crippen molar-refractivity contribution in [3.05, 3.63) is 0 Å². The minimum atomic E-state index is -0.969. The van der Waals surface area contributed by atoms with Crippen LogP contribution in [0.15, 0.2) is 0 Å². The van der Waals surface area contributed by atoms with Crippen molar-refractivity contribution in [1.29, 1.82) is 0 Å². The molecule has 0 bridgehead atoms. The predicted molar refractivity (Wildman–Crippen MR) is 59.7 cm³/mol. The number of hydrogen-bond donors (Lipinski definition) is 3. The number of rotatable bonds is 5. The summed E-state index contributed by atoms with van der Waals surface area (Å²) in [7, 11) is 2.99. The molecule has 7 nitrogen and oxygen atoms in total. The van der Waals surface area contributed by atoms with Gasteiger partial charge in [0.1, 0.15) is 0 Å². The first kappa shape index (κ1) is 13.9. The molecule has 2 atom stereocenters. The van der Waals surface area contributed by atoms with Gasteiger partial charge in [-0.05, 0) is 19.9 Å². The quantitative estimate of drug-likeness (QED) is 0.422. The Labute approximate surface area is 100 Å². The normalized spacial score (nSPS) is 21.6. The molecule has 3 N–H and O–H groups in total. The van der Waals surface area contributed by atoms with Gasteiger partial charge in [-0.2, -0.15) is 0 Å². The maximum Gasteiger partial charge on any atom is 0.270 e. The summed E-state index contributed by atoms with van der Waals surface area (Å²) in [4.78, 5) is 28.0. The van der Waals surface area contributed by atoms with Crippen molar-refractivity contribution in [3.8, 4) is 0 Å². The third-order valence-electron chi connectivity index (χ3n) is 2.49. The van der Waals surface area contributed by atoms with Crippen LogP contribution in [0.4, 0.5) is 0 Å². The molecule has 0 aromatic carbocycles. The van der Waals surface area contributed by atoms with E-state index in [9.17, 15) is 9.59 Å². The summed E-state index contributed by atoms with van der Waals surface area (Å²) in [5.74, 6) is -0.959. The molecule has 0 aliphatic carbocycles. The first-order valence-electron chi connectivity index (χ1n) is 5.65. The number of hydrogen-bond acceptors (Lipinski definition) is 5. The fourth-order valence-electron chi connectivity index (χ4n) is 1.51. The number of carbonyl (C=O) groups excluding carboxylic acids is 2. The molecule has 1 saturated heterocycles. The van der Waals surface area contributed by atoms with E-state index in [4.69, 9.17) is 9.57 Å². The molecule has 0 aromatic heterocycles. The fraction of sp³-hybridized carbons (Fsp3) is 0.800. The van der Waals surface area contributed by atoms with Gasteiger partial charge in [0, 0.05) is 20.1 Å². The smallest absolute Gasteiger partial charge is 0.270 e. The number of amides is 2. The Morgan fingerprint density at radius 3 is 2.59 bits per heavy atom. The molecular formula is C10H19N3O4. The molecule has 1 aliphatic rings.